The SMILES string of the molecule is C=C(/C=C\C(C(=O)N1CC=CC1)=C(C)C)C(=O)NC(c1ccsc1)c1nc2ccc(Cl)cc2[nH]1. The molecule has 0 spiro atoms. The first-order chi connectivity index (χ1) is 16.3. The molecule has 174 valence electrons. The third-order valence-corrected chi connectivity index (χ3v) is 6.44. The highest BCUT2D eigenvalue weighted by Gasteiger charge is 2.22. The zero-order chi connectivity index (χ0) is 24.2. The van der Waals surface area contributed by atoms with Gasteiger partial charge in [0.05, 0.1) is 11.0 Å². The van der Waals surface area contributed by atoms with E-state index in [1.807, 2.05) is 48.9 Å². The van der Waals surface area contributed by atoms with Crippen molar-refractivity contribution < 1.29 is 9.59 Å². The molecule has 6 nitrogen and oxygen atoms in total. The van der Waals surface area contributed by atoms with Crippen molar-refractivity contribution in [2.24, 2.45) is 0 Å². The Kier molecular flexibility index (Phi) is 7.14. The molecular formula is C26H25ClN4O2S. The number of hydrogen-bond donors (Lipinski definition) is 2. The average molecular weight is 493 g/mol. The number of imidazole rings is 1. The minimum Gasteiger partial charge on any atom is -0.340 e. The Labute approximate surface area is 207 Å². The van der Waals surface area contributed by atoms with Gasteiger partial charge in [-0.1, -0.05) is 35.9 Å². The molecule has 0 aliphatic carbocycles. The molecule has 0 saturated carbocycles. The van der Waals surface area contributed by atoms with E-state index in [1.165, 1.54) is 11.3 Å². The molecule has 0 bridgehead atoms. The fourth-order valence-corrected chi connectivity index (χ4v) is 4.49. The van der Waals surface area contributed by atoms with Crippen LogP contribution in [-0.4, -0.2) is 39.8 Å². The van der Waals surface area contributed by atoms with Gasteiger partial charge in [0, 0.05) is 29.3 Å². The van der Waals surface area contributed by atoms with Crippen LogP contribution < -0.4 is 5.32 Å². The average Bonchev–Trinajstić information content (AvgIpc) is 3.58. The van der Waals surface area contributed by atoms with Crippen LogP contribution in [0.25, 0.3) is 11.0 Å². The molecule has 2 amide bonds. The third kappa shape index (κ3) is 5.21. The van der Waals surface area contributed by atoms with E-state index in [1.54, 1.807) is 29.2 Å². The molecule has 1 atom stereocenters. The van der Waals surface area contributed by atoms with E-state index >= 15 is 0 Å². The van der Waals surface area contributed by atoms with Crippen molar-refractivity contribution in [3.63, 3.8) is 0 Å². The first-order valence-corrected chi connectivity index (χ1v) is 12.1. The number of amides is 2. The second kappa shape index (κ2) is 10.2. The number of carbonyl (C=O) groups excluding carboxylic acids is 2. The highest BCUT2D eigenvalue weighted by atomic mass is 35.5. The van der Waals surface area contributed by atoms with E-state index in [2.05, 4.69) is 21.9 Å². The van der Waals surface area contributed by atoms with Crippen LogP contribution in [0.1, 0.15) is 31.3 Å². The molecule has 2 N–H and O–H groups in total. The van der Waals surface area contributed by atoms with Crippen LogP contribution in [-0.2, 0) is 9.59 Å². The van der Waals surface area contributed by atoms with Crippen molar-refractivity contribution in [3.05, 3.63) is 99.0 Å². The molecule has 0 fully saturated rings. The highest BCUT2D eigenvalue weighted by molar-refractivity contribution is 7.08. The molecule has 1 aromatic carbocycles. The lowest BCUT2D eigenvalue weighted by Gasteiger charge is -2.17. The lowest BCUT2D eigenvalue weighted by molar-refractivity contribution is -0.125. The fraction of sp³-hybridized carbons (Fsp3) is 0.192. The molecule has 8 heteroatoms. The molecule has 34 heavy (non-hydrogen) atoms. The molecule has 1 aliphatic heterocycles. The minimum absolute atomic E-state index is 0.0634. The Morgan fingerprint density at radius 1 is 1.24 bits per heavy atom. The van der Waals surface area contributed by atoms with E-state index in [0.29, 0.717) is 29.5 Å². The van der Waals surface area contributed by atoms with E-state index in [4.69, 9.17) is 11.6 Å². The van der Waals surface area contributed by atoms with Gasteiger partial charge in [-0.3, -0.25) is 9.59 Å². The maximum absolute atomic E-state index is 13.1. The number of thiophene rings is 1. The second-order valence-corrected chi connectivity index (χ2v) is 9.42. The van der Waals surface area contributed by atoms with Gasteiger partial charge < -0.3 is 15.2 Å². The zero-order valence-corrected chi connectivity index (χ0v) is 20.5. The van der Waals surface area contributed by atoms with Crippen molar-refractivity contribution in [2.45, 2.75) is 19.9 Å². The van der Waals surface area contributed by atoms with Crippen molar-refractivity contribution in [3.8, 4) is 0 Å². The molecule has 1 aliphatic rings. The summed E-state index contributed by atoms with van der Waals surface area (Å²) in [4.78, 5) is 35.5. The summed E-state index contributed by atoms with van der Waals surface area (Å²) in [7, 11) is 0. The van der Waals surface area contributed by atoms with Gasteiger partial charge in [0.15, 0.2) is 0 Å². The molecule has 2 aromatic heterocycles. The van der Waals surface area contributed by atoms with Gasteiger partial charge in [-0.2, -0.15) is 11.3 Å². The van der Waals surface area contributed by atoms with Gasteiger partial charge >= 0.3 is 0 Å². The first kappa shape index (κ1) is 23.7. The number of halogens is 1. The summed E-state index contributed by atoms with van der Waals surface area (Å²) in [6.07, 6.45) is 7.18. The summed E-state index contributed by atoms with van der Waals surface area (Å²) in [6.45, 7) is 8.87. The molecule has 0 radical (unpaired) electrons. The minimum atomic E-state index is -0.490. The predicted molar refractivity (Wildman–Crippen MR) is 138 cm³/mol. The number of nitrogens with one attached hydrogen (secondary N) is 2. The lowest BCUT2D eigenvalue weighted by Crippen LogP contribution is -2.31. The maximum Gasteiger partial charge on any atom is 0.254 e. The Morgan fingerprint density at radius 3 is 2.68 bits per heavy atom. The summed E-state index contributed by atoms with van der Waals surface area (Å²) >= 11 is 7.65. The van der Waals surface area contributed by atoms with Gasteiger partial charge in [-0.15, -0.1) is 0 Å². The molecule has 4 rings (SSSR count). The van der Waals surface area contributed by atoms with Crippen LogP contribution in [0.5, 0.6) is 0 Å². The van der Waals surface area contributed by atoms with Crippen LogP contribution in [0.3, 0.4) is 0 Å². The molecule has 1 unspecified atom stereocenters. The summed E-state index contributed by atoms with van der Waals surface area (Å²) in [6, 6.07) is 6.86. The Balaban J connectivity index is 1.53. The number of carbonyl (C=O) groups is 2. The van der Waals surface area contributed by atoms with Crippen LogP contribution in [0.4, 0.5) is 0 Å². The van der Waals surface area contributed by atoms with Gasteiger partial charge in [-0.05, 0) is 66.6 Å². The number of benzene rings is 1. The number of allylic oxidation sites excluding steroid dienone is 1. The summed E-state index contributed by atoms with van der Waals surface area (Å²) in [5, 5.41) is 7.53. The van der Waals surface area contributed by atoms with Crippen LogP contribution in [0.2, 0.25) is 5.02 Å². The second-order valence-electron chi connectivity index (χ2n) is 8.20. The fourth-order valence-electron chi connectivity index (χ4n) is 3.64. The number of nitrogens with zero attached hydrogens (tertiary/aromatic N) is 2. The monoisotopic (exact) mass is 492 g/mol. The van der Waals surface area contributed by atoms with Crippen molar-refractivity contribution in [2.75, 3.05) is 13.1 Å². The predicted octanol–water partition coefficient (Wildman–Crippen LogP) is 5.33. The van der Waals surface area contributed by atoms with Gasteiger partial charge in [-0.25, -0.2) is 4.98 Å². The van der Waals surface area contributed by atoms with E-state index in [9.17, 15) is 9.59 Å². The van der Waals surface area contributed by atoms with Crippen molar-refractivity contribution >= 4 is 45.8 Å². The highest BCUT2D eigenvalue weighted by Crippen LogP contribution is 2.26. The summed E-state index contributed by atoms with van der Waals surface area (Å²) < 4.78 is 0. The number of aromatic nitrogens is 2. The van der Waals surface area contributed by atoms with Gasteiger partial charge in [0.25, 0.3) is 11.8 Å². The normalized spacial score (nSPS) is 14.0. The lowest BCUT2D eigenvalue weighted by atomic mass is 10.1. The molecule has 3 heterocycles. The molecule has 3 aromatic rings. The Hall–Kier alpha value is -3.42. The van der Waals surface area contributed by atoms with E-state index in [0.717, 1.165) is 22.2 Å². The number of H-pyrrole nitrogens is 1. The number of hydrogen-bond acceptors (Lipinski definition) is 4. The largest absolute Gasteiger partial charge is 0.340 e. The Bertz CT molecular complexity index is 1320. The number of aromatic amines is 1. The van der Waals surface area contributed by atoms with Crippen molar-refractivity contribution in [1.82, 2.24) is 20.2 Å². The van der Waals surface area contributed by atoms with E-state index in [-0.39, 0.29) is 17.4 Å². The summed E-state index contributed by atoms with van der Waals surface area (Å²) in [5.74, 6) is 0.184. The zero-order valence-electron chi connectivity index (χ0n) is 19.0. The Morgan fingerprint density at radius 2 is 2.00 bits per heavy atom. The number of fused-ring (bicyclic) bond motifs is 1. The third-order valence-electron chi connectivity index (χ3n) is 5.51. The van der Waals surface area contributed by atoms with Crippen LogP contribution in [0.15, 0.2) is 82.6 Å². The van der Waals surface area contributed by atoms with Crippen LogP contribution in [0, 0.1) is 0 Å². The van der Waals surface area contributed by atoms with Gasteiger partial charge in [0.1, 0.15) is 11.9 Å². The molecule has 0 saturated heterocycles. The van der Waals surface area contributed by atoms with Crippen LogP contribution >= 0.6 is 22.9 Å². The topological polar surface area (TPSA) is 78.1 Å². The quantitative estimate of drug-likeness (QED) is 0.266. The smallest absolute Gasteiger partial charge is 0.254 e. The standard InChI is InChI=1S/C26H25ClN4O2S/c1-16(2)20(26(33)31-11-4-5-12-31)8-6-17(3)25(32)30-23(18-10-13-34-15-18)24-28-21-9-7-19(27)14-22(21)29-24/h4-10,13-15,23H,3,11-12H2,1-2H3,(H,28,29)(H,30,32)/b8-6-. The van der Waals surface area contributed by atoms with Crippen molar-refractivity contribution in [1.29, 1.82) is 0 Å². The molecular weight excluding hydrogens is 468 g/mol. The van der Waals surface area contributed by atoms with Gasteiger partial charge in [0.2, 0.25) is 0 Å². The van der Waals surface area contributed by atoms with E-state index < -0.39 is 6.04 Å². The summed E-state index contributed by atoms with van der Waals surface area (Å²) in [5.41, 5.74) is 4.13. The maximum atomic E-state index is 13.1. The first-order valence-electron chi connectivity index (χ1n) is 10.8. The number of rotatable bonds is 7.